The number of halogens is 4. The van der Waals surface area contributed by atoms with Crippen LogP contribution in [0.3, 0.4) is 0 Å². The lowest BCUT2D eigenvalue weighted by Crippen LogP contribution is -2.45. The average Bonchev–Trinajstić information content (AvgIpc) is 2.95. The summed E-state index contributed by atoms with van der Waals surface area (Å²) in [5, 5.41) is 0. The molecule has 6 nitrogen and oxygen atoms in total. The molecular weight excluding hydrogens is 556 g/mol. The number of carbonyl (C=O) groups excluding carboxylic acids is 3. The van der Waals surface area contributed by atoms with E-state index in [2.05, 4.69) is 6.58 Å². The van der Waals surface area contributed by atoms with Gasteiger partial charge in [-0.3, -0.25) is 0 Å². The third-order valence-corrected chi connectivity index (χ3v) is 7.91. The number of hydrogen-bond acceptors (Lipinski definition) is 6. The van der Waals surface area contributed by atoms with E-state index in [-0.39, 0.29) is 37.7 Å². The summed E-state index contributed by atoms with van der Waals surface area (Å²) in [6, 6.07) is 0. The van der Waals surface area contributed by atoms with Gasteiger partial charge >= 0.3 is 29.8 Å². The fourth-order valence-corrected chi connectivity index (χ4v) is 4.62. The Morgan fingerprint density at radius 3 is 1.45 bits per heavy atom. The van der Waals surface area contributed by atoms with E-state index in [1.54, 1.807) is 13.8 Å². The topological polar surface area (TPSA) is 78.9 Å². The summed E-state index contributed by atoms with van der Waals surface area (Å²) in [6.07, 6.45) is 6.02. The molecule has 246 valence electrons. The summed E-state index contributed by atoms with van der Waals surface area (Å²) >= 11 is 0. The Morgan fingerprint density at radius 2 is 1.05 bits per heavy atom. The molecule has 0 spiro atoms. The summed E-state index contributed by atoms with van der Waals surface area (Å²) in [6.45, 7) is 11.8. The van der Waals surface area contributed by atoms with Gasteiger partial charge in [-0.05, 0) is 39.0 Å². The van der Waals surface area contributed by atoms with Gasteiger partial charge in [0.05, 0.1) is 5.41 Å². The zero-order valence-corrected chi connectivity index (χ0v) is 26.6. The van der Waals surface area contributed by atoms with E-state index in [4.69, 9.17) is 14.2 Å². The number of hydrogen-bond donors (Lipinski definition) is 0. The van der Waals surface area contributed by atoms with Gasteiger partial charge in [-0.25, -0.2) is 14.4 Å². The molecule has 0 fully saturated rings. The van der Waals surface area contributed by atoms with Crippen LogP contribution in [0.4, 0.5) is 17.6 Å². The fourth-order valence-electron chi connectivity index (χ4n) is 4.62. The Labute approximate surface area is 250 Å². The van der Waals surface area contributed by atoms with Crippen molar-refractivity contribution < 1.29 is 46.2 Å². The smallest absolute Gasteiger partial charge is 0.377 e. The largest absolute Gasteiger partial charge is 0.461 e. The van der Waals surface area contributed by atoms with Crippen molar-refractivity contribution >= 4 is 17.9 Å². The Balaban J connectivity index is 5.85. The zero-order valence-electron chi connectivity index (χ0n) is 26.6. The van der Waals surface area contributed by atoms with Crippen LogP contribution in [-0.4, -0.2) is 49.6 Å². The standard InChI is InChI=1S/C32H54F4O6/c1-8-13-16-19-25(11-4)31(33,34)28(38)41-22-30(12-5,21-40-27(37)24(6)7)23-42-29(39)32(35,36)26(18-15-10-3)20-17-14-9-2/h25-26H,6,8-23H2,1-5,7H3. The molecule has 0 aromatic carbocycles. The van der Waals surface area contributed by atoms with E-state index in [9.17, 15) is 14.4 Å². The van der Waals surface area contributed by atoms with E-state index in [0.717, 1.165) is 25.7 Å². The maximum atomic E-state index is 15.3. The van der Waals surface area contributed by atoms with Gasteiger partial charge in [-0.15, -0.1) is 0 Å². The highest BCUT2D eigenvalue weighted by atomic mass is 19.3. The van der Waals surface area contributed by atoms with Gasteiger partial charge in [0.15, 0.2) is 0 Å². The van der Waals surface area contributed by atoms with Crippen molar-refractivity contribution in [1.82, 2.24) is 0 Å². The minimum absolute atomic E-state index is 0.0116. The summed E-state index contributed by atoms with van der Waals surface area (Å²) in [7, 11) is 0. The van der Waals surface area contributed by atoms with Crippen LogP contribution in [-0.2, 0) is 28.6 Å². The fraction of sp³-hybridized carbons (Fsp3) is 0.844. The Kier molecular flexibility index (Phi) is 18.9. The van der Waals surface area contributed by atoms with Crippen LogP contribution in [0.2, 0.25) is 0 Å². The second-order valence-electron chi connectivity index (χ2n) is 11.5. The molecule has 3 unspecified atom stereocenters. The van der Waals surface area contributed by atoms with Crippen LogP contribution < -0.4 is 0 Å². The van der Waals surface area contributed by atoms with Gasteiger partial charge in [0.2, 0.25) is 0 Å². The minimum atomic E-state index is -3.77. The van der Waals surface area contributed by atoms with Crippen molar-refractivity contribution in [2.24, 2.45) is 17.3 Å². The van der Waals surface area contributed by atoms with E-state index in [1.165, 1.54) is 6.92 Å². The molecular formula is C32H54F4O6. The first-order valence-corrected chi connectivity index (χ1v) is 15.6. The molecule has 0 aromatic heterocycles. The van der Waals surface area contributed by atoms with Crippen molar-refractivity contribution in [2.45, 2.75) is 137 Å². The molecule has 0 aliphatic rings. The van der Waals surface area contributed by atoms with Crippen molar-refractivity contribution in [2.75, 3.05) is 19.8 Å². The van der Waals surface area contributed by atoms with Crippen LogP contribution >= 0.6 is 0 Å². The first-order valence-electron chi connectivity index (χ1n) is 15.6. The van der Waals surface area contributed by atoms with Gasteiger partial charge in [0.1, 0.15) is 19.8 Å². The molecule has 0 saturated carbocycles. The highest BCUT2D eigenvalue weighted by molar-refractivity contribution is 5.87. The Morgan fingerprint density at radius 1 is 0.643 bits per heavy atom. The van der Waals surface area contributed by atoms with E-state index < -0.39 is 66.8 Å². The predicted molar refractivity (Wildman–Crippen MR) is 155 cm³/mol. The third-order valence-electron chi connectivity index (χ3n) is 7.91. The molecule has 0 radical (unpaired) electrons. The van der Waals surface area contributed by atoms with Gasteiger partial charge in [0, 0.05) is 17.4 Å². The van der Waals surface area contributed by atoms with Crippen molar-refractivity contribution in [3.8, 4) is 0 Å². The zero-order chi connectivity index (χ0) is 32.4. The van der Waals surface area contributed by atoms with Crippen LogP contribution in [0.1, 0.15) is 125 Å². The third kappa shape index (κ3) is 13.0. The summed E-state index contributed by atoms with van der Waals surface area (Å²) in [5.74, 6) is -14.3. The number of esters is 3. The molecule has 0 heterocycles. The molecule has 42 heavy (non-hydrogen) atoms. The van der Waals surface area contributed by atoms with Crippen LogP contribution in [0.5, 0.6) is 0 Å². The summed E-state index contributed by atoms with van der Waals surface area (Å²) in [4.78, 5) is 37.4. The number of carbonyl (C=O) groups is 3. The molecule has 0 aliphatic carbocycles. The lowest BCUT2D eigenvalue weighted by atomic mass is 9.87. The molecule has 0 aliphatic heterocycles. The maximum absolute atomic E-state index is 15.3. The summed E-state index contributed by atoms with van der Waals surface area (Å²) < 4.78 is 76.0. The lowest BCUT2D eigenvalue weighted by molar-refractivity contribution is -0.195. The van der Waals surface area contributed by atoms with Gasteiger partial charge in [-0.2, -0.15) is 17.6 Å². The van der Waals surface area contributed by atoms with Crippen molar-refractivity contribution in [3.63, 3.8) is 0 Å². The van der Waals surface area contributed by atoms with E-state index >= 15 is 17.6 Å². The highest BCUT2D eigenvalue weighted by Crippen LogP contribution is 2.37. The number of rotatable bonds is 24. The molecule has 0 saturated heterocycles. The second-order valence-corrected chi connectivity index (χ2v) is 11.5. The molecule has 0 rings (SSSR count). The van der Waals surface area contributed by atoms with Gasteiger partial charge in [-0.1, -0.05) is 92.6 Å². The van der Waals surface area contributed by atoms with Crippen LogP contribution in [0.25, 0.3) is 0 Å². The number of unbranched alkanes of at least 4 members (excludes halogenated alkanes) is 5. The predicted octanol–water partition coefficient (Wildman–Crippen LogP) is 8.85. The normalized spacial score (nSPS) is 14.9. The Bertz CT molecular complexity index is 832. The van der Waals surface area contributed by atoms with Crippen molar-refractivity contribution in [1.29, 1.82) is 0 Å². The molecule has 10 heteroatoms. The average molecular weight is 611 g/mol. The quantitative estimate of drug-likeness (QED) is 0.0357. The molecule has 0 amide bonds. The van der Waals surface area contributed by atoms with Crippen LogP contribution in [0, 0.1) is 17.3 Å². The molecule has 0 bridgehead atoms. The Hall–Kier alpha value is -2.13. The molecule has 0 aromatic rings. The van der Waals surface area contributed by atoms with Gasteiger partial charge in [0.25, 0.3) is 0 Å². The first-order chi connectivity index (χ1) is 19.7. The highest BCUT2D eigenvalue weighted by Gasteiger charge is 2.50. The maximum Gasteiger partial charge on any atom is 0.377 e. The van der Waals surface area contributed by atoms with Crippen molar-refractivity contribution in [3.05, 3.63) is 12.2 Å². The molecule has 0 N–H and O–H groups in total. The van der Waals surface area contributed by atoms with Crippen LogP contribution in [0.15, 0.2) is 12.2 Å². The lowest BCUT2D eigenvalue weighted by Gasteiger charge is -2.33. The second kappa shape index (κ2) is 19.9. The first kappa shape index (κ1) is 39.9. The minimum Gasteiger partial charge on any atom is -0.461 e. The monoisotopic (exact) mass is 610 g/mol. The number of ether oxygens (including phenoxy) is 3. The van der Waals surface area contributed by atoms with E-state index in [0.29, 0.717) is 25.7 Å². The van der Waals surface area contributed by atoms with Gasteiger partial charge < -0.3 is 14.2 Å². The number of alkyl halides is 4. The SMILES string of the molecule is C=C(C)C(=O)OCC(CC)(COC(=O)C(F)(F)C(CC)CCCCC)COC(=O)C(F)(F)C(CCCC)CCCCC. The van der Waals surface area contributed by atoms with E-state index in [1.807, 2.05) is 20.8 Å². The molecule has 3 atom stereocenters. The summed E-state index contributed by atoms with van der Waals surface area (Å²) in [5.41, 5.74) is -1.47.